The summed E-state index contributed by atoms with van der Waals surface area (Å²) in [6.45, 7) is 4.97. The highest BCUT2D eigenvalue weighted by Crippen LogP contribution is 2.31. The van der Waals surface area contributed by atoms with Gasteiger partial charge in [0.2, 0.25) is 5.82 Å². The number of anilines is 1. The topological polar surface area (TPSA) is 113 Å². The molecule has 0 saturated heterocycles. The molecule has 0 aliphatic heterocycles. The van der Waals surface area contributed by atoms with Crippen molar-refractivity contribution in [3.8, 4) is 22.5 Å². The van der Waals surface area contributed by atoms with Crippen molar-refractivity contribution in [3.05, 3.63) is 77.6 Å². The summed E-state index contributed by atoms with van der Waals surface area (Å²) in [7, 11) is 0. The number of unbranched alkanes of at least 4 members (excludes halogenated alkanes) is 1. The zero-order valence-electron chi connectivity index (χ0n) is 24.4. The van der Waals surface area contributed by atoms with Gasteiger partial charge in [-0.05, 0) is 65.8 Å². The molecule has 1 aliphatic carbocycles. The fourth-order valence-electron chi connectivity index (χ4n) is 5.99. The average molecular weight is 563 g/mol. The highest BCUT2D eigenvalue weighted by Gasteiger charge is 2.18. The minimum atomic E-state index is -0.130. The van der Waals surface area contributed by atoms with Gasteiger partial charge in [-0.3, -0.25) is 0 Å². The van der Waals surface area contributed by atoms with Gasteiger partial charge in [-0.2, -0.15) is 5.21 Å². The number of fused-ring (bicyclic) bond motifs is 1. The van der Waals surface area contributed by atoms with Crippen molar-refractivity contribution in [2.75, 3.05) is 5.32 Å². The van der Waals surface area contributed by atoms with Crippen LogP contribution in [0.3, 0.4) is 0 Å². The lowest BCUT2D eigenvalue weighted by Gasteiger charge is -2.23. The maximum Gasteiger partial charge on any atom is 0.319 e. The van der Waals surface area contributed by atoms with Crippen molar-refractivity contribution in [2.24, 2.45) is 0 Å². The maximum atomic E-state index is 12.8. The standard InChI is InChI=1S/C33H38N8O/c1-3-4-14-30-36-31-22(2)19-26(35-33(42)34-25-10-6-5-7-11-25)20-29(31)41(30)21-23-15-17-24(18-16-23)27-12-8-9-13-28(27)32-37-39-40-38-32/h8-9,12-13,15-20,25H,3-7,10-11,14,21H2,1-2H3,(H2,34,35,42)(H,37,38,39,40). The van der Waals surface area contributed by atoms with Crippen LogP contribution in [0.2, 0.25) is 0 Å². The van der Waals surface area contributed by atoms with Crippen LogP contribution >= 0.6 is 0 Å². The van der Waals surface area contributed by atoms with E-state index in [0.717, 1.165) is 76.9 Å². The second-order valence-electron chi connectivity index (χ2n) is 11.3. The molecular formula is C33H38N8O. The lowest BCUT2D eigenvalue weighted by atomic mass is 9.96. The lowest BCUT2D eigenvalue weighted by Crippen LogP contribution is -2.39. The van der Waals surface area contributed by atoms with Crippen LogP contribution < -0.4 is 10.6 Å². The quantitative estimate of drug-likeness (QED) is 0.178. The third kappa shape index (κ3) is 6.05. The number of tetrazole rings is 1. The summed E-state index contributed by atoms with van der Waals surface area (Å²) in [5.41, 5.74) is 8.15. The normalized spacial score (nSPS) is 13.9. The molecule has 3 N–H and O–H groups in total. The Labute approximate surface area is 246 Å². The van der Waals surface area contributed by atoms with E-state index in [1.54, 1.807) is 0 Å². The molecule has 0 radical (unpaired) electrons. The van der Waals surface area contributed by atoms with Gasteiger partial charge in [0.25, 0.3) is 0 Å². The Kier molecular flexibility index (Phi) is 8.26. The van der Waals surface area contributed by atoms with E-state index >= 15 is 0 Å². The van der Waals surface area contributed by atoms with Crippen LogP contribution in [-0.4, -0.2) is 42.2 Å². The Hall–Kier alpha value is -4.53. The SMILES string of the molecule is CCCCc1nc2c(C)cc(NC(=O)NC3CCCCC3)cc2n1Cc1ccc(-c2ccccc2-c2nn[nH]n2)cc1. The molecule has 2 amide bonds. The predicted octanol–water partition coefficient (Wildman–Crippen LogP) is 7.04. The maximum absolute atomic E-state index is 12.8. The van der Waals surface area contributed by atoms with Crippen LogP contribution in [0.15, 0.2) is 60.7 Å². The molecule has 0 atom stereocenters. The summed E-state index contributed by atoms with van der Waals surface area (Å²) in [5.74, 6) is 1.65. The number of aromatic nitrogens is 6. The van der Waals surface area contributed by atoms with Gasteiger partial charge >= 0.3 is 6.03 Å². The first-order valence-electron chi connectivity index (χ1n) is 15.1. The lowest BCUT2D eigenvalue weighted by molar-refractivity contribution is 0.244. The van der Waals surface area contributed by atoms with Gasteiger partial charge in [0.1, 0.15) is 5.82 Å². The number of rotatable bonds is 9. The molecule has 216 valence electrons. The largest absolute Gasteiger partial charge is 0.335 e. The van der Waals surface area contributed by atoms with E-state index in [2.05, 4.69) is 86.1 Å². The molecule has 1 fully saturated rings. The molecule has 0 bridgehead atoms. The van der Waals surface area contributed by atoms with E-state index in [1.807, 2.05) is 24.3 Å². The first-order chi connectivity index (χ1) is 20.6. The van der Waals surface area contributed by atoms with Gasteiger partial charge in [-0.1, -0.05) is 81.1 Å². The van der Waals surface area contributed by atoms with Crippen molar-refractivity contribution in [1.82, 2.24) is 35.5 Å². The summed E-state index contributed by atoms with van der Waals surface area (Å²) in [6, 6.07) is 21.0. The number of imidazole rings is 1. The van der Waals surface area contributed by atoms with Crippen molar-refractivity contribution in [1.29, 1.82) is 0 Å². The third-order valence-electron chi connectivity index (χ3n) is 8.19. The zero-order valence-corrected chi connectivity index (χ0v) is 24.4. The number of aromatic amines is 1. The number of carbonyl (C=O) groups excluding carboxylic acids is 1. The number of amides is 2. The molecule has 1 aliphatic rings. The van der Waals surface area contributed by atoms with Gasteiger partial charge in [0, 0.05) is 30.3 Å². The third-order valence-corrected chi connectivity index (χ3v) is 8.19. The summed E-state index contributed by atoms with van der Waals surface area (Å²) in [5, 5.41) is 20.9. The molecule has 5 aromatic rings. The Morgan fingerprint density at radius 2 is 1.81 bits per heavy atom. The number of hydrogen-bond acceptors (Lipinski definition) is 5. The highest BCUT2D eigenvalue weighted by molar-refractivity contribution is 5.93. The summed E-state index contributed by atoms with van der Waals surface area (Å²) in [6.07, 6.45) is 8.82. The molecule has 9 nitrogen and oxygen atoms in total. The second-order valence-corrected chi connectivity index (χ2v) is 11.3. The molecule has 42 heavy (non-hydrogen) atoms. The van der Waals surface area contributed by atoms with E-state index < -0.39 is 0 Å². The number of carbonyl (C=O) groups is 1. The number of benzene rings is 3. The van der Waals surface area contributed by atoms with Crippen LogP contribution in [0, 0.1) is 6.92 Å². The van der Waals surface area contributed by atoms with Crippen molar-refractivity contribution in [3.63, 3.8) is 0 Å². The molecule has 3 aromatic carbocycles. The Balaban J connectivity index is 1.28. The molecular weight excluding hydrogens is 524 g/mol. The zero-order chi connectivity index (χ0) is 28.9. The fraction of sp³-hybridized carbons (Fsp3) is 0.364. The van der Waals surface area contributed by atoms with E-state index in [1.165, 1.54) is 24.8 Å². The smallest absolute Gasteiger partial charge is 0.319 e. The van der Waals surface area contributed by atoms with Crippen molar-refractivity contribution >= 4 is 22.8 Å². The summed E-state index contributed by atoms with van der Waals surface area (Å²) in [4.78, 5) is 17.9. The van der Waals surface area contributed by atoms with E-state index in [0.29, 0.717) is 12.4 Å². The van der Waals surface area contributed by atoms with Crippen LogP contribution in [0.25, 0.3) is 33.5 Å². The minimum absolute atomic E-state index is 0.130. The number of H-pyrrole nitrogens is 1. The summed E-state index contributed by atoms with van der Waals surface area (Å²) >= 11 is 0. The number of urea groups is 1. The number of nitrogens with zero attached hydrogens (tertiary/aromatic N) is 5. The van der Waals surface area contributed by atoms with Crippen molar-refractivity contribution < 1.29 is 4.79 Å². The van der Waals surface area contributed by atoms with Crippen LogP contribution in [0.4, 0.5) is 10.5 Å². The van der Waals surface area contributed by atoms with Gasteiger partial charge in [-0.15, -0.1) is 10.2 Å². The fourth-order valence-corrected chi connectivity index (χ4v) is 5.99. The Morgan fingerprint density at radius 1 is 1.02 bits per heavy atom. The van der Waals surface area contributed by atoms with E-state index in [9.17, 15) is 4.79 Å². The molecule has 0 unspecified atom stereocenters. The number of aryl methyl sites for hydroxylation is 2. The predicted molar refractivity (Wildman–Crippen MR) is 166 cm³/mol. The summed E-state index contributed by atoms with van der Waals surface area (Å²) < 4.78 is 2.31. The number of nitrogens with one attached hydrogen (secondary N) is 3. The van der Waals surface area contributed by atoms with Crippen LogP contribution in [0.1, 0.15) is 68.8 Å². The van der Waals surface area contributed by atoms with Gasteiger partial charge in [0.15, 0.2) is 0 Å². The molecule has 2 aromatic heterocycles. The Morgan fingerprint density at radius 3 is 2.55 bits per heavy atom. The molecule has 0 spiro atoms. The molecule has 9 heteroatoms. The molecule has 1 saturated carbocycles. The number of hydrogen-bond donors (Lipinski definition) is 3. The van der Waals surface area contributed by atoms with Crippen LogP contribution in [-0.2, 0) is 13.0 Å². The first kappa shape index (κ1) is 27.6. The van der Waals surface area contributed by atoms with E-state index in [4.69, 9.17) is 4.98 Å². The monoisotopic (exact) mass is 562 g/mol. The molecule has 6 rings (SSSR count). The van der Waals surface area contributed by atoms with Crippen LogP contribution in [0.5, 0.6) is 0 Å². The minimum Gasteiger partial charge on any atom is -0.335 e. The first-order valence-corrected chi connectivity index (χ1v) is 15.1. The van der Waals surface area contributed by atoms with Gasteiger partial charge < -0.3 is 15.2 Å². The van der Waals surface area contributed by atoms with Gasteiger partial charge in [-0.25, -0.2) is 9.78 Å². The van der Waals surface area contributed by atoms with Gasteiger partial charge in [0.05, 0.1) is 11.0 Å². The molecule has 2 heterocycles. The van der Waals surface area contributed by atoms with E-state index in [-0.39, 0.29) is 12.1 Å². The van der Waals surface area contributed by atoms with Crippen molar-refractivity contribution in [2.45, 2.75) is 77.8 Å². The highest BCUT2D eigenvalue weighted by atomic mass is 16.2. The Bertz CT molecular complexity index is 1650. The second kappa shape index (κ2) is 12.5. The average Bonchev–Trinajstić information content (AvgIpc) is 3.66.